The summed E-state index contributed by atoms with van der Waals surface area (Å²) in [5.74, 6) is 0.456. The van der Waals surface area contributed by atoms with Crippen LogP contribution in [0.4, 0.5) is 5.00 Å². The topological polar surface area (TPSA) is 81.4 Å². The van der Waals surface area contributed by atoms with Crippen LogP contribution in [-0.4, -0.2) is 18.4 Å². The van der Waals surface area contributed by atoms with Crippen LogP contribution in [0.5, 0.6) is 5.75 Å². The molecule has 150 valence electrons. The zero-order valence-electron chi connectivity index (χ0n) is 15.5. The molecule has 3 N–H and O–H groups in total. The zero-order valence-corrected chi connectivity index (χ0v) is 17.8. The highest BCUT2D eigenvalue weighted by Gasteiger charge is 2.27. The first-order valence-corrected chi connectivity index (χ1v) is 10.7. The van der Waals surface area contributed by atoms with E-state index < -0.39 is 5.91 Å². The number of primary amides is 1. The van der Waals surface area contributed by atoms with Crippen LogP contribution in [0.25, 0.3) is 0 Å². The predicted octanol–water partition coefficient (Wildman–Crippen LogP) is 5.08. The first-order valence-electron chi connectivity index (χ1n) is 9.17. The van der Waals surface area contributed by atoms with Crippen molar-refractivity contribution in [1.29, 1.82) is 0 Å². The van der Waals surface area contributed by atoms with E-state index in [2.05, 4.69) is 12.2 Å². The lowest BCUT2D eigenvalue weighted by molar-refractivity contribution is -0.116. The van der Waals surface area contributed by atoms with Crippen LogP contribution in [0.1, 0.15) is 47.0 Å². The number of hydrogen-bond donors (Lipinski definition) is 2. The number of anilines is 1. The molecule has 0 spiro atoms. The molecular formula is C20H22Cl2N2O3S. The Morgan fingerprint density at radius 2 is 2.14 bits per heavy atom. The smallest absolute Gasteiger partial charge is 0.251 e. The Labute approximate surface area is 178 Å². The lowest BCUT2D eigenvalue weighted by atomic mass is 9.88. The molecule has 3 rings (SSSR count). The molecule has 0 saturated carbocycles. The number of nitrogens with one attached hydrogen (secondary N) is 1. The van der Waals surface area contributed by atoms with Crippen LogP contribution in [0.15, 0.2) is 18.2 Å². The quantitative estimate of drug-likeness (QED) is 0.589. The molecule has 1 heterocycles. The lowest BCUT2D eigenvalue weighted by Crippen LogP contribution is -2.19. The first-order chi connectivity index (χ1) is 13.3. The summed E-state index contributed by atoms with van der Waals surface area (Å²) in [4.78, 5) is 25.4. The van der Waals surface area contributed by atoms with Crippen molar-refractivity contribution in [1.82, 2.24) is 0 Å². The second-order valence-corrected chi connectivity index (χ2v) is 8.94. The van der Waals surface area contributed by atoms with Crippen LogP contribution in [0, 0.1) is 5.92 Å². The average molecular weight is 441 g/mol. The van der Waals surface area contributed by atoms with Gasteiger partial charge in [-0.05, 0) is 55.4 Å². The summed E-state index contributed by atoms with van der Waals surface area (Å²) in [6.07, 6.45) is 3.56. The number of thiophene rings is 1. The molecule has 1 aliphatic rings. The molecule has 0 bridgehead atoms. The number of amides is 2. The Balaban J connectivity index is 1.55. The number of carbonyl (C=O) groups is 2. The van der Waals surface area contributed by atoms with Gasteiger partial charge in [-0.2, -0.15) is 0 Å². The summed E-state index contributed by atoms with van der Waals surface area (Å²) in [5, 5.41) is 4.40. The lowest BCUT2D eigenvalue weighted by Gasteiger charge is -2.18. The first kappa shape index (κ1) is 21.0. The molecule has 28 heavy (non-hydrogen) atoms. The molecular weight excluding hydrogens is 419 g/mol. The van der Waals surface area contributed by atoms with Gasteiger partial charge in [-0.25, -0.2) is 0 Å². The minimum Gasteiger partial charge on any atom is -0.492 e. The molecule has 0 fully saturated rings. The molecule has 1 atom stereocenters. The summed E-state index contributed by atoms with van der Waals surface area (Å²) in [6.45, 7) is 2.54. The van der Waals surface area contributed by atoms with Crippen LogP contribution in [0.3, 0.4) is 0 Å². The fourth-order valence-electron chi connectivity index (χ4n) is 3.30. The van der Waals surface area contributed by atoms with Crippen molar-refractivity contribution in [3.8, 4) is 5.75 Å². The normalized spacial score (nSPS) is 15.8. The minimum absolute atomic E-state index is 0.167. The van der Waals surface area contributed by atoms with Gasteiger partial charge < -0.3 is 15.8 Å². The molecule has 1 aliphatic carbocycles. The zero-order chi connectivity index (χ0) is 20.3. The number of carbonyl (C=O) groups excluding carboxylic acids is 2. The third kappa shape index (κ3) is 4.99. The maximum Gasteiger partial charge on any atom is 0.251 e. The van der Waals surface area contributed by atoms with Crippen molar-refractivity contribution in [2.24, 2.45) is 11.7 Å². The van der Waals surface area contributed by atoms with E-state index in [4.69, 9.17) is 33.7 Å². The molecule has 0 radical (unpaired) electrons. The van der Waals surface area contributed by atoms with Crippen molar-refractivity contribution >= 4 is 51.4 Å². The van der Waals surface area contributed by atoms with Gasteiger partial charge in [0.25, 0.3) is 5.91 Å². The largest absolute Gasteiger partial charge is 0.492 e. The van der Waals surface area contributed by atoms with Crippen molar-refractivity contribution in [2.45, 2.75) is 39.0 Å². The monoisotopic (exact) mass is 440 g/mol. The number of halogens is 2. The predicted molar refractivity (Wildman–Crippen MR) is 114 cm³/mol. The maximum atomic E-state index is 12.3. The van der Waals surface area contributed by atoms with Gasteiger partial charge in [-0.15, -0.1) is 11.3 Å². The number of ether oxygens (including phenoxy) is 1. The van der Waals surface area contributed by atoms with Gasteiger partial charge in [0.15, 0.2) is 0 Å². The Bertz CT molecular complexity index is 898. The molecule has 2 amide bonds. The number of rotatable bonds is 7. The van der Waals surface area contributed by atoms with E-state index in [1.807, 2.05) is 0 Å². The standard InChI is InChI=1S/C20H22Cl2N2O3S/c1-11-4-6-13-16(9-11)28-20(18(13)19(23)26)24-17(25)3-2-8-27-15-7-5-12(21)10-14(15)22/h5,7,10-11H,2-4,6,8-9H2,1H3,(H2,23,26)(H,24,25)/t11-/m1/s1. The molecule has 1 aromatic carbocycles. The molecule has 1 aromatic heterocycles. The molecule has 0 aliphatic heterocycles. The van der Waals surface area contributed by atoms with Crippen molar-refractivity contribution in [3.63, 3.8) is 0 Å². The third-order valence-corrected chi connectivity index (χ3v) is 6.41. The van der Waals surface area contributed by atoms with E-state index in [1.54, 1.807) is 18.2 Å². The fourth-order valence-corrected chi connectivity index (χ4v) is 5.19. The summed E-state index contributed by atoms with van der Waals surface area (Å²) in [6, 6.07) is 5.00. The van der Waals surface area contributed by atoms with Crippen molar-refractivity contribution in [2.75, 3.05) is 11.9 Å². The van der Waals surface area contributed by atoms with Crippen molar-refractivity contribution in [3.05, 3.63) is 44.2 Å². The minimum atomic E-state index is -0.483. The third-order valence-electron chi connectivity index (χ3n) is 4.71. The van der Waals surface area contributed by atoms with Crippen LogP contribution >= 0.6 is 34.5 Å². The van der Waals surface area contributed by atoms with Crippen molar-refractivity contribution < 1.29 is 14.3 Å². The Hall–Kier alpha value is -1.76. The van der Waals surface area contributed by atoms with Gasteiger partial charge in [0.2, 0.25) is 5.91 Å². The highest BCUT2D eigenvalue weighted by atomic mass is 35.5. The highest BCUT2D eigenvalue weighted by molar-refractivity contribution is 7.17. The van der Waals surface area contributed by atoms with E-state index in [1.165, 1.54) is 11.3 Å². The molecule has 8 heteroatoms. The van der Waals surface area contributed by atoms with Gasteiger partial charge in [0, 0.05) is 16.3 Å². The molecule has 2 aromatic rings. The number of hydrogen-bond acceptors (Lipinski definition) is 4. The number of benzene rings is 1. The van der Waals surface area contributed by atoms with Crippen LogP contribution in [-0.2, 0) is 17.6 Å². The van der Waals surface area contributed by atoms with Crippen LogP contribution in [0.2, 0.25) is 10.0 Å². The van der Waals surface area contributed by atoms with Gasteiger partial charge >= 0.3 is 0 Å². The summed E-state index contributed by atoms with van der Waals surface area (Å²) in [5.41, 5.74) is 7.06. The Kier molecular flexibility index (Phi) is 6.86. The molecule has 0 unspecified atom stereocenters. The Morgan fingerprint density at radius 3 is 2.86 bits per heavy atom. The van der Waals surface area contributed by atoms with Gasteiger partial charge in [0.1, 0.15) is 10.8 Å². The van der Waals surface area contributed by atoms with Crippen LogP contribution < -0.4 is 15.8 Å². The molecule has 0 saturated heterocycles. The number of fused-ring (bicyclic) bond motifs is 1. The van der Waals surface area contributed by atoms with E-state index in [0.717, 1.165) is 29.7 Å². The number of nitrogens with two attached hydrogens (primary N) is 1. The SMILES string of the molecule is C[C@@H]1CCc2c(sc(NC(=O)CCCOc3ccc(Cl)cc3Cl)c2C(N)=O)C1. The summed E-state index contributed by atoms with van der Waals surface area (Å²) < 4.78 is 5.59. The average Bonchev–Trinajstić information content (AvgIpc) is 2.97. The fraction of sp³-hybridized carbons (Fsp3) is 0.400. The molecule has 5 nitrogen and oxygen atoms in total. The van der Waals surface area contributed by atoms with Gasteiger partial charge in [-0.1, -0.05) is 30.1 Å². The summed E-state index contributed by atoms with van der Waals surface area (Å²) >= 11 is 13.4. The van der Waals surface area contributed by atoms with E-state index in [0.29, 0.717) is 45.3 Å². The van der Waals surface area contributed by atoms with E-state index >= 15 is 0 Å². The second-order valence-electron chi connectivity index (χ2n) is 7.00. The van der Waals surface area contributed by atoms with E-state index in [9.17, 15) is 9.59 Å². The van der Waals surface area contributed by atoms with Gasteiger partial charge in [0.05, 0.1) is 17.2 Å². The van der Waals surface area contributed by atoms with E-state index in [-0.39, 0.29) is 12.3 Å². The highest BCUT2D eigenvalue weighted by Crippen LogP contribution is 2.39. The summed E-state index contributed by atoms with van der Waals surface area (Å²) in [7, 11) is 0. The maximum absolute atomic E-state index is 12.3. The second kappa shape index (κ2) is 9.16. The Morgan fingerprint density at radius 1 is 1.36 bits per heavy atom. The van der Waals surface area contributed by atoms with Gasteiger partial charge in [-0.3, -0.25) is 9.59 Å².